The Morgan fingerprint density at radius 2 is 0.935 bits per heavy atom. The van der Waals surface area contributed by atoms with E-state index in [9.17, 15) is 0 Å². The van der Waals surface area contributed by atoms with Crippen LogP contribution in [0, 0.1) is 0 Å². The summed E-state index contributed by atoms with van der Waals surface area (Å²) in [6.45, 7) is 0. The fourth-order valence-corrected chi connectivity index (χ4v) is 12.0. The Labute approximate surface area is 361 Å². The highest BCUT2D eigenvalue weighted by Gasteiger charge is 2.24. The van der Waals surface area contributed by atoms with E-state index in [-0.39, 0.29) is 0 Å². The summed E-state index contributed by atoms with van der Waals surface area (Å²) in [5.74, 6) is 1.82. The topological polar surface area (TPSA) is 56.7 Å². The lowest BCUT2D eigenvalue weighted by atomic mass is 10.0. The lowest BCUT2D eigenvalue weighted by Crippen LogP contribution is -2.04. The third-order valence-electron chi connectivity index (χ3n) is 12.4. The quantitative estimate of drug-likeness (QED) is 0.177. The van der Waals surface area contributed by atoms with Crippen molar-refractivity contribution >= 4 is 118 Å². The van der Waals surface area contributed by atoms with Crippen molar-refractivity contribution in [1.29, 1.82) is 0 Å². The van der Waals surface area contributed by atoms with Gasteiger partial charge < -0.3 is 8.98 Å². The van der Waals surface area contributed by atoms with Crippen LogP contribution in [0.4, 0.5) is 0 Å². The molecule has 14 aromatic rings. The number of para-hydroxylation sites is 2. The second kappa shape index (κ2) is 12.9. The van der Waals surface area contributed by atoms with Gasteiger partial charge in [0, 0.05) is 78.6 Å². The maximum atomic E-state index is 6.43. The van der Waals surface area contributed by atoms with Crippen molar-refractivity contribution < 1.29 is 4.42 Å². The molecule has 9 aromatic carbocycles. The lowest BCUT2D eigenvalue weighted by molar-refractivity contribution is 0.669. The van der Waals surface area contributed by atoms with E-state index < -0.39 is 0 Å². The number of nitrogens with zero attached hydrogens (tertiary/aromatic N) is 4. The fourth-order valence-electron chi connectivity index (χ4n) is 9.70. The van der Waals surface area contributed by atoms with Gasteiger partial charge in [0.15, 0.2) is 17.5 Å². The fraction of sp³-hybridized carbons (Fsp3) is 0. The highest BCUT2D eigenvalue weighted by Crippen LogP contribution is 2.45. The molecule has 0 unspecified atom stereocenters. The standard InChI is InChI=1S/C55H30N4OS2/c1-2-14-32-28-43-39(27-31(32)13-1)33-15-3-7-21-42(33)59(43)44-30-50-40(34-16-5-9-24-47(34)62-50)29-41(44)55-57-53(37-19-11-23-46-51(37)35-17-4-8-22-45(35)60-46)56-54(58-55)38-20-12-26-49-52(38)36-18-6-10-25-48(36)61-49/h1-30H. The second-order valence-corrected chi connectivity index (χ2v) is 18.1. The van der Waals surface area contributed by atoms with Crippen LogP contribution in [0.1, 0.15) is 0 Å². The molecule has 0 amide bonds. The SMILES string of the molecule is c1ccc2cc3c(cc2c1)c1ccccc1n3-c1cc2sc3ccccc3c2cc1-c1nc(-c2cccc3oc4ccccc4c23)nc(-c2cccc3sc4ccccc4c23)n1. The van der Waals surface area contributed by atoms with E-state index in [0.29, 0.717) is 17.5 Å². The number of hydrogen-bond donors (Lipinski definition) is 0. The van der Waals surface area contributed by atoms with Gasteiger partial charge in [-0.2, -0.15) is 0 Å². The van der Waals surface area contributed by atoms with Crippen LogP contribution in [0.5, 0.6) is 0 Å². The van der Waals surface area contributed by atoms with Crippen molar-refractivity contribution in [2.75, 3.05) is 0 Å². The number of thiophene rings is 2. The molecule has 0 aliphatic heterocycles. The van der Waals surface area contributed by atoms with Crippen molar-refractivity contribution in [1.82, 2.24) is 19.5 Å². The van der Waals surface area contributed by atoms with Gasteiger partial charge in [-0.05, 0) is 71.4 Å². The first-order chi connectivity index (χ1) is 30.7. The Kier molecular flexibility index (Phi) is 7.08. The summed E-state index contributed by atoms with van der Waals surface area (Å²) < 4.78 is 13.7. The normalized spacial score (nSPS) is 12.2. The minimum atomic E-state index is 0.591. The molecule has 0 radical (unpaired) electrons. The molecule has 5 nitrogen and oxygen atoms in total. The van der Waals surface area contributed by atoms with Crippen LogP contribution in [-0.4, -0.2) is 19.5 Å². The summed E-state index contributed by atoms with van der Waals surface area (Å²) in [4.78, 5) is 16.6. The molecule has 0 N–H and O–H groups in total. The van der Waals surface area contributed by atoms with Crippen LogP contribution < -0.4 is 0 Å². The van der Waals surface area contributed by atoms with Crippen LogP contribution >= 0.6 is 22.7 Å². The summed E-state index contributed by atoms with van der Waals surface area (Å²) in [6.07, 6.45) is 0. The molecule has 7 heteroatoms. The van der Waals surface area contributed by atoms with Gasteiger partial charge in [0.2, 0.25) is 0 Å². The molecule has 0 bridgehead atoms. The first-order valence-corrected chi connectivity index (χ1v) is 22.3. The number of fused-ring (bicyclic) bond motifs is 13. The summed E-state index contributed by atoms with van der Waals surface area (Å²) in [6, 6.07) is 64.9. The van der Waals surface area contributed by atoms with E-state index in [4.69, 9.17) is 19.4 Å². The molecule has 288 valence electrons. The van der Waals surface area contributed by atoms with Gasteiger partial charge in [0.1, 0.15) is 11.2 Å². The summed E-state index contributed by atoms with van der Waals surface area (Å²) >= 11 is 3.62. The maximum Gasteiger partial charge on any atom is 0.166 e. The molecule has 0 saturated heterocycles. The van der Waals surface area contributed by atoms with Crippen LogP contribution in [0.3, 0.4) is 0 Å². The molecular weight excluding hydrogens is 797 g/mol. The van der Waals surface area contributed by atoms with Crippen molar-refractivity contribution in [3.05, 3.63) is 182 Å². The first kappa shape index (κ1) is 34.0. The smallest absolute Gasteiger partial charge is 0.166 e. The monoisotopic (exact) mass is 826 g/mol. The summed E-state index contributed by atoms with van der Waals surface area (Å²) in [5, 5.41) is 11.5. The van der Waals surface area contributed by atoms with Crippen molar-refractivity contribution in [3.63, 3.8) is 0 Å². The van der Waals surface area contributed by atoms with Crippen LogP contribution in [-0.2, 0) is 0 Å². The van der Waals surface area contributed by atoms with E-state index in [1.807, 2.05) is 35.6 Å². The second-order valence-electron chi connectivity index (χ2n) is 15.9. The summed E-state index contributed by atoms with van der Waals surface area (Å²) in [7, 11) is 0. The van der Waals surface area contributed by atoms with Gasteiger partial charge in [-0.1, -0.05) is 121 Å². The van der Waals surface area contributed by atoms with Crippen molar-refractivity contribution in [3.8, 4) is 39.9 Å². The zero-order chi connectivity index (χ0) is 40.5. The predicted molar refractivity (Wildman–Crippen MR) is 261 cm³/mol. The van der Waals surface area contributed by atoms with E-state index in [0.717, 1.165) is 60.7 Å². The maximum absolute atomic E-state index is 6.43. The van der Waals surface area contributed by atoms with Gasteiger partial charge in [-0.25, -0.2) is 15.0 Å². The average molecular weight is 827 g/mol. The number of hydrogen-bond acceptors (Lipinski definition) is 6. The van der Waals surface area contributed by atoms with Gasteiger partial charge in [-0.15, -0.1) is 22.7 Å². The van der Waals surface area contributed by atoms with Gasteiger partial charge in [0.05, 0.1) is 16.7 Å². The molecule has 0 fully saturated rings. The molecule has 14 rings (SSSR count). The Hall–Kier alpha value is -7.71. The van der Waals surface area contributed by atoms with Crippen LogP contribution in [0.25, 0.3) is 135 Å². The van der Waals surface area contributed by atoms with Gasteiger partial charge in [0.25, 0.3) is 0 Å². The highest BCUT2D eigenvalue weighted by molar-refractivity contribution is 7.26. The Morgan fingerprint density at radius 1 is 0.355 bits per heavy atom. The molecule has 0 aliphatic rings. The molecule has 0 aliphatic carbocycles. The lowest BCUT2D eigenvalue weighted by Gasteiger charge is -2.16. The minimum Gasteiger partial charge on any atom is -0.456 e. The highest BCUT2D eigenvalue weighted by atomic mass is 32.1. The van der Waals surface area contributed by atoms with Crippen molar-refractivity contribution in [2.45, 2.75) is 0 Å². The molecule has 0 atom stereocenters. The van der Waals surface area contributed by atoms with Crippen molar-refractivity contribution in [2.24, 2.45) is 0 Å². The summed E-state index contributed by atoms with van der Waals surface area (Å²) in [5.41, 5.74) is 7.68. The average Bonchev–Trinajstić information content (AvgIpc) is 4.09. The third-order valence-corrected chi connectivity index (χ3v) is 14.7. The van der Waals surface area contributed by atoms with Gasteiger partial charge in [-0.3, -0.25) is 0 Å². The van der Waals surface area contributed by atoms with E-state index in [2.05, 4.69) is 162 Å². The third kappa shape index (κ3) is 4.92. The molecular formula is C55H30N4OS2. The van der Waals surface area contributed by atoms with Crippen LogP contribution in [0.15, 0.2) is 186 Å². The minimum absolute atomic E-state index is 0.591. The van der Waals surface area contributed by atoms with E-state index in [1.54, 1.807) is 11.3 Å². The van der Waals surface area contributed by atoms with E-state index in [1.165, 1.54) is 56.5 Å². The van der Waals surface area contributed by atoms with E-state index >= 15 is 0 Å². The molecule has 62 heavy (non-hydrogen) atoms. The van der Waals surface area contributed by atoms with Gasteiger partial charge >= 0.3 is 0 Å². The zero-order valence-corrected chi connectivity index (χ0v) is 34.5. The molecule has 5 heterocycles. The largest absolute Gasteiger partial charge is 0.456 e. The number of furan rings is 1. The zero-order valence-electron chi connectivity index (χ0n) is 32.8. The van der Waals surface area contributed by atoms with Crippen LogP contribution in [0.2, 0.25) is 0 Å². The number of rotatable bonds is 4. The number of aromatic nitrogens is 4. The predicted octanol–water partition coefficient (Wildman–Crippen LogP) is 15.8. The molecule has 0 spiro atoms. The Morgan fingerprint density at radius 3 is 1.76 bits per heavy atom. The first-order valence-electron chi connectivity index (χ1n) is 20.7. The molecule has 5 aromatic heterocycles. The molecule has 0 saturated carbocycles. The Balaban J connectivity index is 1.14. The Bertz CT molecular complexity index is 4060. The number of benzene rings is 9.